The highest BCUT2D eigenvalue weighted by Crippen LogP contribution is 2.32. The molecule has 7 heteroatoms. The first-order chi connectivity index (χ1) is 10.3. The first kappa shape index (κ1) is 16.8. The number of nitrogens with two attached hydrogens (primary N) is 1. The van der Waals surface area contributed by atoms with Gasteiger partial charge in [-0.3, -0.25) is 4.79 Å². The number of likely N-dealkylation sites (tertiary alicyclic amines) is 1. The van der Waals surface area contributed by atoms with Crippen molar-refractivity contribution >= 4 is 5.91 Å². The Morgan fingerprint density at radius 2 is 1.95 bits per heavy atom. The molecule has 1 heterocycles. The molecule has 0 unspecified atom stereocenters. The molecule has 0 saturated carbocycles. The third kappa shape index (κ3) is 3.78. The van der Waals surface area contributed by atoms with Crippen LogP contribution < -0.4 is 5.73 Å². The maximum atomic E-state index is 13.1. The number of amides is 1. The highest BCUT2D eigenvalue weighted by Gasteiger charge is 2.47. The van der Waals surface area contributed by atoms with Crippen LogP contribution in [-0.4, -0.2) is 42.7 Å². The summed E-state index contributed by atoms with van der Waals surface area (Å²) in [4.78, 5) is 13.3. The van der Waals surface area contributed by atoms with Crippen LogP contribution >= 0.6 is 0 Å². The van der Waals surface area contributed by atoms with E-state index in [1.54, 1.807) is 19.2 Å². The summed E-state index contributed by atoms with van der Waals surface area (Å²) in [6, 6.07) is 4.19. The quantitative estimate of drug-likeness (QED) is 0.931. The van der Waals surface area contributed by atoms with Crippen molar-refractivity contribution in [3.63, 3.8) is 0 Å². The van der Waals surface area contributed by atoms with E-state index in [9.17, 15) is 18.0 Å². The van der Waals surface area contributed by atoms with Gasteiger partial charge < -0.3 is 15.4 Å². The second-order valence-electron chi connectivity index (χ2n) is 5.48. The summed E-state index contributed by atoms with van der Waals surface area (Å²) in [7, 11) is 1.54. The lowest BCUT2D eigenvalue weighted by atomic mass is 9.97. The van der Waals surface area contributed by atoms with Gasteiger partial charge in [0.15, 0.2) is 0 Å². The Bertz CT molecular complexity index is 517. The zero-order valence-electron chi connectivity index (χ0n) is 12.3. The number of carbonyl (C=O) groups excluding carboxylic acids is 1. The van der Waals surface area contributed by atoms with Gasteiger partial charge in [-0.05, 0) is 30.5 Å². The van der Waals surface area contributed by atoms with Crippen molar-refractivity contribution in [1.29, 1.82) is 0 Å². The molecular weight excluding hydrogens is 297 g/mol. The van der Waals surface area contributed by atoms with Crippen molar-refractivity contribution < 1.29 is 22.7 Å². The number of alkyl halides is 3. The predicted octanol–water partition coefficient (Wildman–Crippen LogP) is 2.33. The maximum Gasteiger partial charge on any atom is 0.408 e. The Hall–Kier alpha value is -1.60. The van der Waals surface area contributed by atoms with E-state index < -0.39 is 24.2 Å². The molecule has 0 spiro atoms. The molecule has 1 aromatic rings. The number of methoxy groups -OCH3 is 1. The van der Waals surface area contributed by atoms with E-state index in [0.717, 1.165) is 10.5 Å². The van der Waals surface area contributed by atoms with Gasteiger partial charge in [-0.15, -0.1) is 0 Å². The summed E-state index contributed by atoms with van der Waals surface area (Å²) < 4.78 is 44.3. The van der Waals surface area contributed by atoms with Crippen molar-refractivity contribution in [3.8, 4) is 0 Å². The summed E-state index contributed by atoms with van der Waals surface area (Å²) in [6.07, 6.45) is -4.33. The second-order valence-corrected chi connectivity index (χ2v) is 5.48. The summed E-state index contributed by atoms with van der Waals surface area (Å²) in [6.45, 7) is 0.303. The first-order valence-corrected chi connectivity index (χ1v) is 7.04. The molecule has 2 atom stereocenters. The van der Waals surface area contributed by atoms with Gasteiger partial charge >= 0.3 is 6.18 Å². The Balaban J connectivity index is 2.20. The van der Waals surface area contributed by atoms with Crippen molar-refractivity contribution in [1.82, 2.24) is 4.90 Å². The molecule has 0 aliphatic carbocycles. The van der Waals surface area contributed by atoms with Crippen LogP contribution in [0.1, 0.15) is 28.8 Å². The number of hydrogen-bond donors (Lipinski definition) is 1. The molecule has 1 aliphatic heterocycles. The van der Waals surface area contributed by atoms with Crippen LogP contribution in [0, 0.1) is 0 Å². The van der Waals surface area contributed by atoms with E-state index in [2.05, 4.69) is 0 Å². The Morgan fingerprint density at radius 3 is 2.50 bits per heavy atom. The zero-order chi connectivity index (χ0) is 16.3. The molecule has 4 nitrogen and oxygen atoms in total. The number of piperidine rings is 1. The Kier molecular flexibility index (Phi) is 5.08. The van der Waals surface area contributed by atoms with Gasteiger partial charge in [0.2, 0.25) is 0 Å². The van der Waals surface area contributed by atoms with Gasteiger partial charge in [0.05, 0.1) is 6.61 Å². The topological polar surface area (TPSA) is 55.6 Å². The predicted molar refractivity (Wildman–Crippen MR) is 75.2 cm³/mol. The van der Waals surface area contributed by atoms with Crippen LogP contribution in [0.25, 0.3) is 0 Å². The van der Waals surface area contributed by atoms with Crippen molar-refractivity contribution in [2.45, 2.75) is 37.7 Å². The monoisotopic (exact) mass is 316 g/mol. The third-order valence-electron chi connectivity index (χ3n) is 3.77. The van der Waals surface area contributed by atoms with Crippen LogP contribution in [0.3, 0.4) is 0 Å². The minimum atomic E-state index is -4.44. The van der Waals surface area contributed by atoms with Gasteiger partial charge in [0.1, 0.15) is 6.04 Å². The number of nitrogens with zero attached hydrogens (tertiary/aromatic N) is 1. The molecule has 0 bridgehead atoms. The van der Waals surface area contributed by atoms with Crippen molar-refractivity contribution in [2.75, 3.05) is 13.7 Å². The van der Waals surface area contributed by atoms with Gasteiger partial charge in [0.25, 0.3) is 5.91 Å². The standard InChI is InChI=1S/C15H19F3N2O2/c1-22-9-10-2-4-11(5-3-10)14(21)20-8-12(19)6-7-13(20)15(16,17)18/h2-5,12-13H,6-9,19H2,1H3/t12-,13-/m1/s1. The summed E-state index contributed by atoms with van der Waals surface area (Å²) in [5.74, 6) is -0.638. The van der Waals surface area contributed by atoms with E-state index in [4.69, 9.17) is 10.5 Å². The molecule has 1 aliphatic rings. The molecule has 0 aromatic heterocycles. The lowest BCUT2D eigenvalue weighted by Gasteiger charge is -2.39. The van der Waals surface area contributed by atoms with E-state index in [1.807, 2.05) is 0 Å². The largest absolute Gasteiger partial charge is 0.408 e. The number of hydrogen-bond acceptors (Lipinski definition) is 3. The SMILES string of the molecule is COCc1ccc(C(=O)N2C[C@H](N)CC[C@@H]2C(F)(F)F)cc1. The molecular formula is C15H19F3N2O2. The molecule has 1 fully saturated rings. The fourth-order valence-corrected chi connectivity index (χ4v) is 2.64. The number of rotatable bonds is 3. The highest BCUT2D eigenvalue weighted by molar-refractivity contribution is 5.94. The Labute approximate surface area is 127 Å². The second kappa shape index (κ2) is 6.66. The molecule has 1 saturated heterocycles. The minimum absolute atomic E-state index is 0.0805. The van der Waals surface area contributed by atoms with Crippen LogP contribution in [0.2, 0.25) is 0 Å². The van der Waals surface area contributed by atoms with E-state index in [-0.39, 0.29) is 24.9 Å². The fourth-order valence-electron chi connectivity index (χ4n) is 2.64. The van der Waals surface area contributed by atoms with Crippen molar-refractivity contribution in [2.24, 2.45) is 5.73 Å². The van der Waals surface area contributed by atoms with Crippen LogP contribution in [0.15, 0.2) is 24.3 Å². The third-order valence-corrected chi connectivity index (χ3v) is 3.77. The number of carbonyl (C=O) groups is 1. The lowest BCUT2D eigenvalue weighted by molar-refractivity contribution is -0.184. The van der Waals surface area contributed by atoms with E-state index >= 15 is 0 Å². The minimum Gasteiger partial charge on any atom is -0.380 e. The first-order valence-electron chi connectivity index (χ1n) is 7.04. The molecule has 122 valence electrons. The Morgan fingerprint density at radius 1 is 1.32 bits per heavy atom. The summed E-state index contributed by atoms with van der Waals surface area (Å²) in [5.41, 5.74) is 6.81. The molecule has 1 amide bonds. The van der Waals surface area contributed by atoms with Crippen LogP contribution in [0.4, 0.5) is 13.2 Å². The van der Waals surface area contributed by atoms with E-state index in [0.29, 0.717) is 6.61 Å². The molecule has 0 radical (unpaired) electrons. The van der Waals surface area contributed by atoms with Gasteiger partial charge in [-0.2, -0.15) is 13.2 Å². The molecule has 2 N–H and O–H groups in total. The van der Waals surface area contributed by atoms with Crippen molar-refractivity contribution in [3.05, 3.63) is 35.4 Å². The molecule has 22 heavy (non-hydrogen) atoms. The van der Waals surface area contributed by atoms with Gasteiger partial charge in [-0.25, -0.2) is 0 Å². The normalized spacial score (nSPS) is 22.7. The number of benzene rings is 1. The summed E-state index contributed by atoms with van der Waals surface area (Å²) in [5, 5.41) is 0. The van der Waals surface area contributed by atoms with Crippen LogP contribution in [-0.2, 0) is 11.3 Å². The van der Waals surface area contributed by atoms with Crippen LogP contribution in [0.5, 0.6) is 0 Å². The zero-order valence-corrected chi connectivity index (χ0v) is 12.3. The number of halogens is 3. The lowest BCUT2D eigenvalue weighted by Crippen LogP contribution is -2.56. The van der Waals surface area contributed by atoms with Gasteiger partial charge in [-0.1, -0.05) is 12.1 Å². The molecule has 1 aromatic carbocycles. The average molecular weight is 316 g/mol. The van der Waals surface area contributed by atoms with Gasteiger partial charge in [0, 0.05) is 25.3 Å². The fraction of sp³-hybridized carbons (Fsp3) is 0.533. The average Bonchev–Trinajstić information content (AvgIpc) is 2.46. The van der Waals surface area contributed by atoms with E-state index in [1.165, 1.54) is 12.1 Å². The summed E-state index contributed by atoms with van der Waals surface area (Å²) >= 11 is 0. The maximum absolute atomic E-state index is 13.1. The highest BCUT2D eigenvalue weighted by atomic mass is 19.4. The molecule has 2 rings (SSSR count). The number of ether oxygens (including phenoxy) is 1. The smallest absolute Gasteiger partial charge is 0.380 e.